The summed E-state index contributed by atoms with van der Waals surface area (Å²) in [5, 5.41) is 3.46. The van der Waals surface area contributed by atoms with Crippen molar-refractivity contribution in [1.29, 1.82) is 0 Å². The minimum absolute atomic E-state index is 0.0433. The third-order valence-corrected chi connectivity index (χ3v) is 5.80. The van der Waals surface area contributed by atoms with Crippen LogP contribution in [0.5, 0.6) is 0 Å². The maximum Gasteiger partial charge on any atom is 0.407 e. The maximum absolute atomic E-state index is 12.7. The summed E-state index contributed by atoms with van der Waals surface area (Å²) in [6, 6.07) is 6.34. The first-order chi connectivity index (χ1) is 13.6. The van der Waals surface area contributed by atoms with Gasteiger partial charge in [0.2, 0.25) is 0 Å². The quantitative estimate of drug-likeness (QED) is 0.783. The molecule has 2 fully saturated rings. The Kier molecular flexibility index (Phi) is 4.59. The topological polar surface area (TPSA) is 102 Å². The Hall–Kier alpha value is -2.90. The number of nitrogens with one attached hydrogen (secondary N) is 1. The lowest BCUT2D eigenvalue weighted by Gasteiger charge is -2.29. The average molecular weight is 400 g/mol. The number of alkyl carbamates (subject to hydrolysis) is 1. The Morgan fingerprint density at radius 3 is 2.14 bits per heavy atom. The number of hydroxylamine groups is 2. The first-order valence-corrected chi connectivity index (χ1v) is 9.83. The number of rotatable bonds is 3. The van der Waals surface area contributed by atoms with E-state index in [1.165, 1.54) is 12.1 Å². The van der Waals surface area contributed by atoms with Gasteiger partial charge < -0.3 is 14.9 Å². The first-order valence-electron chi connectivity index (χ1n) is 9.83. The Bertz CT molecular complexity index is 854. The fourth-order valence-electron chi connectivity index (χ4n) is 4.61. The molecule has 1 heterocycles. The molecule has 1 aromatic rings. The number of fused-ring (bicyclic) bond motifs is 3. The summed E-state index contributed by atoms with van der Waals surface area (Å²) in [5.41, 5.74) is -0.0970. The number of imide groups is 1. The zero-order chi connectivity index (χ0) is 20.9. The Labute approximate surface area is 168 Å². The highest BCUT2D eigenvalue weighted by Crippen LogP contribution is 2.49. The van der Waals surface area contributed by atoms with E-state index in [2.05, 4.69) is 5.32 Å². The SMILES string of the molecule is CC(C)(C)OC(=O)NC1CC2CC1CC2C(=O)ON1C(=O)c2ccccc2C1=O. The van der Waals surface area contributed by atoms with E-state index in [1.54, 1.807) is 32.9 Å². The van der Waals surface area contributed by atoms with E-state index in [1.807, 2.05) is 0 Å². The molecule has 0 aromatic heterocycles. The molecular weight excluding hydrogens is 376 g/mol. The van der Waals surface area contributed by atoms with Gasteiger partial charge in [-0.15, -0.1) is 0 Å². The number of hydrogen-bond acceptors (Lipinski definition) is 6. The average Bonchev–Trinajstić information content (AvgIpc) is 3.29. The molecule has 0 spiro atoms. The van der Waals surface area contributed by atoms with E-state index < -0.39 is 29.5 Å². The summed E-state index contributed by atoms with van der Waals surface area (Å²) in [5.74, 6) is -2.00. The van der Waals surface area contributed by atoms with Crippen LogP contribution in [0.3, 0.4) is 0 Å². The molecule has 29 heavy (non-hydrogen) atoms. The monoisotopic (exact) mass is 400 g/mol. The lowest BCUT2D eigenvalue weighted by Crippen LogP contribution is -2.44. The third-order valence-electron chi connectivity index (χ3n) is 5.80. The summed E-state index contributed by atoms with van der Waals surface area (Å²) >= 11 is 0. The van der Waals surface area contributed by atoms with Crippen LogP contribution < -0.4 is 5.32 Å². The van der Waals surface area contributed by atoms with Crippen LogP contribution in [-0.4, -0.2) is 40.6 Å². The van der Waals surface area contributed by atoms with E-state index in [9.17, 15) is 19.2 Å². The van der Waals surface area contributed by atoms with E-state index in [0.717, 1.165) is 6.42 Å². The number of nitrogens with zero attached hydrogens (tertiary/aromatic N) is 1. The molecule has 1 N–H and O–H groups in total. The molecule has 8 nitrogen and oxygen atoms in total. The third kappa shape index (κ3) is 3.59. The zero-order valence-electron chi connectivity index (χ0n) is 16.6. The molecular formula is C21H24N2O6. The Balaban J connectivity index is 1.34. The molecule has 0 saturated heterocycles. The van der Waals surface area contributed by atoms with Crippen molar-refractivity contribution in [2.75, 3.05) is 0 Å². The van der Waals surface area contributed by atoms with E-state index >= 15 is 0 Å². The molecule has 1 aromatic carbocycles. The van der Waals surface area contributed by atoms with Crippen molar-refractivity contribution >= 4 is 23.9 Å². The van der Waals surface area contributed by atoms with Crippen LogP contribution in [0.2, 0.25) is 0 Å². The van der Waals surface area contributed by atoms with Crippen molar-refractivity contribution in [3.05, 3.63) is 35.4 Å². The van der Waals surface area contributed by atoms with E-state index in [0.29, 0.717) is 17.9 Å². The number of hydrogen-bond donors (Lipinski definition) is 1. The molecule has 3 aliphatic rings. The molecule has 8 heteroatoms. The van der Waals surface area contributed by atoms with Gasteiger partial charge in [0, 0.05) is 6.04 Å². The molecule has 3 amide bonds. The minimum atomic E-state index is -0.619. The van der Waals surface area contributed by atoms with Crippen molar-refractivity contribution in [2.24, 2.45) is 17.8 Å². The molecule has 2 saturated carbocycles. The van der Waals surface area contributed by atoms with Crippen molar-refractivity contribution in [2.45, 2.75) is 51.7 Å². The van der Waals surface area contributed by atoms with Crippen molar-refractivity contribution in [3.63, 3.8) is 0 Å². The Morgan fingerprint density at radius 1 is 1.00 bits per heavy atom. The van der Waals surface area contributed by atoms with Crippen LogP contribution in [0.4, 0.5) is 4.79 Å². The highest BCUT2D eigenvalue weighted by atomic mass is 16.7. The number of benzene rings is 1. The molecule has 4 unspecified atom stereocenters. The van der Waals surface area contributed by atoms with Gasteiger partial charge in [-0.2, -0.15) is 0 Å². The fraction of sp³-hybridized carbons (Fsp3) is 0.524. The smallest absolute Gasteiger partial charge is 0.407 e. The van der Waals surface area contributed by atoms with Crippen LogP contribution >= 0.6 is 0 Å². The first kappa shape index (κ1) is 19.4. The summed E-state index contributed by atoms with van der Waals surface area (Å²) in [7, 11) is 0. The van der Waals surface area contributed by atoms with Gasteiger partial charge in [-0.1, -0.05) is 17.2 Å². The summed E-state index contributed by atoms with van der Waals surface area (Å²) < 4.78 is 5.30. The minimum Gasteiger partial charge on any atom is -0.444 e. The molecule has 0 radical (unpaired) electrons. The highest BCUT2D eigenvalue weighted by molar-refractivity contribution is 6.20. The maximum atomic E-state index is 12.7. The van der Waals surface area contributed by atoms with Crippen LogP contribution in [0, 0.1) is 17.8 Å². The molecule has 4 atom stereocenters. The number of ether oxygens (including phenoxy) is 1. The largest absolute Gasteiger partial charge is 0.444 e. The molecule has 154 valence electrons. The fourth-order valence-corrected chi connectivity index (χ4v) is 4.61. The second kappa shape index (κ2) is 6.86. The van der Waals surface area contributed by atoms with Gasteiger partial charge in [0.25, 0.3) is 11.8 Å². The zero-order valence-corrected chi connectivity index (χ0v) is 16.6. The van der Waals surface area contributed by atoms with Crippen molar-refractivity contribution in [1.82, 2.24) is 10.4 Å². The van der Waals surface area contributed by atoms with Crippen molar-refractivity contribution in [3.8, 4) is 0 Å². The van der Waals surface area contributed by atoms with E-state index in [-0.39, 0.29) is 34.9 Å². The van der Waals surface area contributed by atoms with Crippen LogP contribution in [-0.2, 0) is 14.4 Å². The summed E-state index contributed by atoms with van der Waals surface area (Å²) in [6.45, 7) is 5.41. The van der Waals surface area contributed by atoms with E-state index in [4.69, 9.17) is 9.57 Å². The van der Waals surface area contributed by atoms with Gasteiger partial charge in [0.1, 0.15) is 5.60 Å². The van der Waals surface area contributed by atoms with Crippen molar-refractivity contribution < 1.29 is 28.8 Å². The summed E-state index contributed by atoms with van der Waals surface area (Å²) in [6.07, 6.45) is 1.53. The van der Waals surface area contributed by atoms with Gasteiger partial charge >= 0.3 is 12.1 Å². The predicted octanol–water partition coefficient (Wildman–Crippen LogP) is 2.68. The second-order valence-electron chi connectivity index (χ2n) is 8.95. The van der Waals surface area contributed by atoms with Crippen LogP contribution in [0.1, 0.15) is 60.7 Å². The number of carbonyl (C=O) groups is 4. The lowest BCUT2D eigenvalue weighted by molar-refractivity contribution is -0.175. The standard InChI is InChI=1S/C21H24N2O6/c1-21(2,3)28-20(27)22-16-10-11-8-12(16)9-15(11)19(26)29-23-17(24)13-6-4-5-7-14(13)18(23)25/h4-7,11-12,15-16H,8-10H2,1-3H3,(H,22,27). The van der Waals surface area contributed by atoms with Crippen LogP contribution in [0.15, 0.2) is 24.3 Å². The summed E-state index contributed by atoms with van der Waals surface area (Å²) in [4.78, 5) is 54.6. The highest BCUT2D eigenvalue weighted by Gasteiger charge is 2.51. The number of carbonyl (C=O) groups excluding carboxylic acids is 4. The van der Waals surface area contributed by atoms with Crippen LogP contribution in [0.25, 0.3) is 0 Å². The normalized spacial score (nSPS) is 27.8. The molecule has 1 aliphatic heterocycles. The van der Waals surface area contributed by atoms with Gasteiger partial charge in [-0.25, -0.2) is 9.59 Å². The van der Waals surface area contributed by atoms with Gasteiger partial charge in [0.15, 0.2) is 0 Å². The lowest BCUT2D eigenvalue weighted by atomic mass is 9.86. The Morgan fingerprint density at radius 2 is 1.62 bits per heavy atom. The number of amides is 3. The van der Waals surface area contributed by atoms with Gasteiger partial charge in [-0.05, 0) is 64.0 Å². The molecule has 2 aliphatic carbocycles. The second-order valence-corrected chi connectivity index (χ2v) is 8.95. The molecule has 4 rings (SSSR count). The predicted molar refractivity (Wildman–Crippen MR) is 101 cm³/mol. The van der Waals surface area contributed by atoms with Gasteiger partial charge in [0.05, 0.1) is 17.0 Å². The van der Waals surface area contributed by atoms with Gasteiger partial charge in [-0.3, -0.25) is 9.59 Å². The molecule has 2 bridgehead atoms.